The molecule has 4 aromatic rings. The molecule has 0 saturated carbocycles. The summed E-state index contributed by atoms with van der Waals surface area (Å²) in [6.07, 6.45) is 8.70. The summed E-state index contributed by atoms with van der Waals surface area (Å²) in [5.74, 6) is 6.85. The molecule has 4 rings (SSSR count). The smallest absolute Gasteiger partial charge is 0.0342 e. The minimum absolute atomic E-state index is 0.227. The zero-order valence-corrected chi connectivity index (χ0v) is 31.1. The van der Waals surface area contributed by atoms with E-state index >= 15 is 0 Å². The van der Waals surface area contributed by atoms with Gasteiger partial charge in [-0.15, -0.1) is 12.5 Å². The number of benzene rings is 4. The Balaban J connectivity index is 0.000000421. The van der Waals surface area contributed by atoms with Gasteiger partial charge in [-0.05, 0) is 134 Å². The Hall–Kier alpha value is -3.93. The predicted molar refractivity (Wildman–Crippen MR) is 214 cm³/mol. The van der Waals surface area contributed by atoms with E-state index in [9.17, 15) is 0 Å². The summed E-state index contributed by atoms with van der Waals surface area (Å²) in [4.78, 5) is 0. The number of hydrogen-bond acceptors (Lipinski definition) is 2. The van der Waals surface area contributed by atoms with Crippen LogP contribution in [-0.2, 0) is 11.8 Å². The summed E-state index contributed by atoms with van der Waals surface area (Å²) in [5.41, 5.74) is 11.9. The summed E-state index contributed by atoms with van der Waals surface area (Å²) in [5, 5.41) is 4.75. The van der Waals surface area contributed by atoms with Crippen molar-refractivity contribution in [2.45, 2.75) is 92.4 Å². The lowest BCUT2D eigenvalue weighted by molar-refractivity contribution is 0.348. The third kappa shape index (κ3) is 14.2. The van der Waals surface area contributed by atoms with Gasteiger partial charge in [-0.1, -0.05) is 124 Å². The largest absolute Gasteiger partial charge is 0.388 e. The van der Waals surface area contributed by atoms with Gasteiger partial charge in [0, 0.05) is 18.3 Å². The van der Waals surface area contributed by atoms with Gasteiger partial charge in [0.2, 0.25) is 0 Å². The van der Waals surface area contributed by atoms with Crippen LogP contribution in [0.4, 0.5) is 5.69 Å². The highest BCUT2D eigenvalue weighted by atomic mass is 32.1. The molecule has 0 aliphatic rings. The Morgan fingerprint density at radius 3 is 2.04 bits per heavy atom. The van der Waals surface area contributed by atoms with E-state index in [1.165, 1.54) is 76.7 Å². The first-order valence-electron chi connectivity index (χ1n) is 17.1. The van der Waals surface area contributed by atoms with Crippen LogP contribution in [-0.4, -0.2) is 12.4 Å². The lowest BCUT2D eigenvalue weighted by Crippen LogP contribution is -2.23. The van der Waals surface area contributed by atoms with E-state index in [4.69, 9.17) is 0 Å². The Bertz CT molecular complexity index is 1540. The molecule has 0 aliphatic carbocycles. The van der Waals surface area contributed by atoms with Crippen molar-refractivity contribution >= 4 is 23.3 Å². The van der Waals surface area contributed by atoms with Crippen LogP contribution in [0.25, 0.3) is 11.1 Å². The van der Waals surface area contributed by atoms with Crippen LogP contribution in [0, 0.1) is 38.5 Å². The number of hydrogen-bond donors (Lipinski definition) is 1. The molecule has 248 valence electrons. The number of nitrogens with one attached hydrogen (secondary N) is 1. The molecule has 0 saturated heterocycles. The van der Waals surface area contributed by atoms with E-state index in [-0.39, 0.29) is 5.41 Å². The second-order valence-electron chi connectivity index (χ2n) is 13.0. The highest BCUT2D eigenvalue weighted by Crippen LogP contribution is 2.36. The van der Waals surface area contributed by atoms with Gasteiger partial charge in [0.25, 0.3) is 0 Å². The zero-order valence-electron chi connectivity index (χ0n) is 30.3. The minimum atomic E-state index is 0.227. The fourth-order valence-electron chi connectivity index (χ4n) is 5.93. The third-order valence-electron chi connectivity index (χ3n) is 8.52. The standard InChI is InChI=1S/C32H38.C9H13N.C4H6S/c1-6-9-27-10-8-11-30(24-27)29-16-18-31(19-17-29)32(5,21-7-2)22-20-26(4)23-28-14-12-25(3)13-15-28;1-7-4-8(2)6-9(5-7)10-3;1-2-3-4-5/h8,10-19,24,26H,7,20-23H2,1-5H3;4-6,10H,1-3H3;2,4H,1,3H2. The average Bonchev–Trinajstić information content (AvgIpc) is 3.06. The number of aryl methyl sites for hydroxylation is 3. The van der Waals surface area contributed by atoms with Gasteiger partial charge in [0.15, 0.2) is 0 Å². The van der Waals surface area contributed by atoms with Crippen molar-refractivity contribution in [3.8, 4) is 23.0 Å². The van der Waals surface area contributed by atoms with Crippen LogP contribution in [0.5, 0.6) is 0 Å². The quantitative estimate of drug-likeness (QED) is 0.0936. The molecule has 1 nitrogen and oxygen atoms in total. The van der Waals surface area contributed by atoms with Crippen LogP contribution in [0.3, 0.4) is 0 Å². The van der Waals surface area contributed by atoms with Gasteiger partial charge in [-0.3, -0.25) is 0 Å². The van der Waals surface area contributed by atoms with Gasteiger partial charge in [-0.2, -0.15) is 0 Å². The Kier molecular flexibility index (Phi) is 17.6. The van der Waals surface area contributed by atoms with Crippen molar-refractivity contribution in [1.82, 2.24) is 0 Å². The molecule has 2 unspecified atom stereocenters. The van der Waals surface area contributed by atoms with Crippen LogP contribution in [0.15, 0.2) is 104 Å². The summed E-state index contributed by atoms with van der Waals surface area (Å²) in [6, 6.07) is 33.3. The number of anilines is 1. The normalized spacial score (nSPS) is 12.0. The van der Waals surface area contributed by atoms with Crippen LogP contribution in [0.1, 0.15) is 93.2 Å². The molecular weight excluding hydrogens is 587 g/mol. The molecule has 0 amide bonds. The Labute approximate surface area is 292 Å². The van der Waals surface area contributed by atoms with Crippen LogP contribution >= 0.6 is 12.2 Å². The summed E-state index contributed by atoms with van der Waals surface area (Å²) < 4.78 is 0. The van der Waals surface area contributed by atoms with Gasteiger partial charge < -0.3 is 5.32 Å². The molecule has 0 radical (unpaired) electrons. The van der Waals surface area contributed by atoms with Crippen molar-refractivity contribution in [3.63, 3.8) is 0 Å². The third-order valence-corrected chi connectivity index (χ3v) is 8.71. The molecule has 0 fully saturated rings. The Morgan fingerprint density at radius 1 is 0.851 bits per heavy atom. The highest BCUT2D eigenvalue weighted by molar-refractivity contribution is 7.79. The second kappa shape index (κ2) is 21.0. The maximum Gasteiger partial charge on any atom is 0.0342 e. The molecule has 0 bridgehead atoms. The zero-order chi connectivity index (χ0) is 34.7. The predicted octanol–water partition coefficient (Wildman–Crippen LogP) is 12.7. The Morgan fingerprint density at radius 2 is 1.51 bits per heavy atom. The van der Waals surface area contributed by atoms with Gasteiger partial charge in [0.1, 0.15) is 0 Å². The molecular formula is C45H57NS. The SMILES string of the molecule is C=CCC=S.CC#Cc1cccc(-c2ccc(C(C)(CCC)CCC(C)Cc3ccc(C)cc3)cc2)c1.CNc1cc(C)cc(C)c1. The number of allylic oxidation sites excluding steroid dienone is 1. The molecule has 0 heterocycles. The van der Waals surface area contributed by atoms with Crippen molar-refractivity contribution < 1.29 is 0 Å². The lowest BCUT2D eigenvalue weighted by atomic mass is 9.73. The first kappa shape index (κ1) is 39.2. The fraction of sp³-hybridized carbons (Fsp3) is 0.356. The van der Waals surface area contributed by atoms with E-state index in [1.54, 1.807) is 11.4 Å². The number of thiocarbonyl (C=S) groups is 1. The van der Waals surface area contributed by atoms with Crippen LogP contribution < -0.4 is 5.32 Å². The second-order valence-corrected chi connectivity index (χ2v) is 13.3. The average molecular weight is 644 g/mol. The highest BCUT2D eigenvalue weighted by Gasteiger charge is 2.26. The van der Waals surface area contributed by atoms with Crippen molar-refractivity contribution in [3.05, 3.63) is 137 Å². The van der Waals surface area contributed by atoms with Crippen molar-refractivity contribution in [2.75, 3.05) is 12.4 Å². The van der Waals surface area contributed by atoms with Gasteiger partial charge in [0.05, 0.1) is 0 Å². The fourth-order valence-corrected chi connectivity index (χ4v) is 6.07. The maximum absolute atomic E-state index is 4.45. The minimum Gasteiger partial charge on any atom is -0.388 e. The van der Waals surface area contributed by atoms with Crippen molar-refractivity contribution in [1.29, 1.82) is 0 Å². The topological polar surface area (TPSA) is 12.0 Å². The summed E-state index contributed by atoms with van der Waals surface area (Å²) in [7, 11) is 1.94. The lowest BCUT2D eigenvalue weighted by Gasteiger charge is -2.31. The molecule has 1 N–H and O–H groups in total. The van der Waals surface area contributed by atoms with Gasteiger partial charge >= 0.3 is 0 Å². The molecule has 47 heavy (non-hydrogen) atoms. The summed E-state index contributed by atoms with van der Waals surface area (Å²) >= 11 is 4.45. The van der Waals surface area contributed by atoms with Gasteiger partial charge in [-0.25, -0.2) is 0 Å². The van der Waals surface area contributed by atoms with E-state index < -0.39 is 0 Å². The van der Waals surface area contributed by atoms with E-state index in [1.807, 2.05) is 14.0 Å². The van der Waals surface area contributed by atoms with E-state index in [0.29, 0.717) is 5.92 Å². The first-order valence-corrected chi connectivity index (χ1v) is 17.5. The van der Waals surface area contributed by atoms with Crippen LogP contribution in [0.2, 0.25) is 0 Å². The molecule has 2 heteroatoms. The monoisotopic (exact) mass is 643 g/mol. The molecule has 4 aromatic carbocycles. The first-order chi connectivity index (χ1) is 22.6. The maximum atomic E-state index is 4.45. The van der Waals surface area contributed by atoms with E-state index in [0.717, 1.165) is 12.0 Å². The number of rotatable bonds is 12. The molecule has 0 spiro atoms. The molecule has 0 aromatic heterocycles. The summed E-state index contributed by atoms with van der Waals surface area (Å²) in [6.45, 7) is 18.9. The van der Waals surface area contributed by atoms with Crippen molar-refractivity contribution in [2.24, 2.45) is 5.92 Å². The molecule has 2 atom stereocenters. The molecule has 0 aliphatic heterocycles. The van der Waals surface area contributed by atoms with E-state index in [2.05, 4.69) is 168 Å².